The molecule has 146 valence electrons. The fourth-order valence-corrected chi connectivity index (χ4v) is 3.34. The van der Waals surface area contributed by atoms with Gasteiger partial charge in [0.2, 0.25) is 0 Å². The zero-order chi connectivity index (χ0) is 19.1. The summed E-state index contributed by atoms with van der Waals surface area (Å²) in [5, 5.41) is 7.40. The van der Waals surface area contributed by atoms with Crippen molar-refractivity contribution < 1.29 is 9.53 Å². The molecule has 1 N–H and O–H groups in total. The second-order valence-electron chi connectivity index (χ2n) is 7.34. The lowest BCUT2D eigenvalue weighted by Gasteiger charge is -2.25. The van der Waals surface area contributed by atoms with Crippen molar-refractivity contribution in [1.82, 2.24) is 24.9 Å². The minimum Gasteiger partial charge on any atom is -0.379 e. The molecule has 1 aromatic carbocycles. The molecule has 1 saturated heterocycles. The highest BCUT2D eigenvalue weighted by Gasteiger charge is 2.22. The summed E-state index contributed by atoms with van der Waals surface area (Å²) in [7, 11) is 4.09. The van der Waals surface area contributed by atoms with Gasteiger partial charge in [0.1, 0.15) is 0 Å². The van der Waals surface area contributed by atoms with E-state index in [1.54, 1.807) is 0 Å². The van der Waals surface area contributed by atoms with Crippen LogP contribution in [0.5, 0.6) is 0 Å². The van der Waals surface area contributed by atoms with Crippen molar-refractivity contribution in [2.24, 2.45) is 5.92 Å². The van der Waals surface area contributed by atoms with Gasteiger partial charge >= 0.3 is 6.03 Å². The van der Waals surface area contributed by atoms with E-state index < -0.39 is 0 Å². The van der Waals surface area contributed by atoms with E-state index in [-0.39, 0.29) is 6.03 Å². The predicted octanol–water partition coefficient (Wildman–Crippen LogP) is 1.65. The quantitative estimate of drug-likeness (QED) is 0.839. The average molecular weight is 371 g/mol. The van der Waals surface area contributed by atoms with Gasteiger partial charge in [-0.05, 0) is 19.7 Å². The molecule has 1 aliphatic heterocycles. The molecule has 2 amide bonds. The van der Waals surface area contributed by atoms with E-state index in [1.165, 1.54) is 5.56 Å². The first-order valence-corrected chi connectivity index (χ1v) is 9.40. The summed E-state index contributed by atoms with van der Waals surface area (Å²) in [5.74, 6) is 0.335. The number of urea groups is 1. The maximum Gasteiger partial charge on any atom is 0.317 e. The van der Waals surface area contributed by atoms with E-state index in [4.69, 9.17) is 4.74 Å². The SMILES string of the molecule is CN(C)C[C@H]1COCCN(C(=O)NCc2cnn(Cc3ccccc3)c2)C1. The molecule has 0 radical (unpaired) electrons. The molecule has 27 heavy (non-hydrogen) atoms. The number of benzene rings is 1. The molecule has 1 aromatic heterocycles. The third-order valence-corrected chi connectivity index (χ3v) is 4.57. The van der Waals surface area contributed by atoms with Gasteiger partial charge in [-0.3, -0.25) is 4.68 Å². The topological polar surface area (TPSA) is 62.6 Å². The average Bonchev–Trinajstić information content (AvgIpc) is 2.96. The second-order valence-corrected chi connectivity index (χ2v) is 7.34. The standard InChI is InChI=1S/C20H29N5O2/c1-23(2)12-19-13-24(8-9-27-16-19)20(26)21-10-18-11-22-25(15-18)14-17-6-4-3-5-7-17/h3-7,11,15,19H,8-10,12-14,16H2,1-2H3,(H,21,26)/t19-/m1/s1. The van der Waals surface area contributed by atoms with Crippen LogP contribution >= 0.6 is 0 Å². The van der Waals surface area contributed by atoms with E-state index in [0.29, 0.717) is 32.2 Å². The van der Waals surface area contributed by atoms with Crippen LogP contribution in [0.4, 0.5) is 4.79 Å². The summed E-state index contributed by atoms with van der Waals surface area (Å²) in [6, 6.07) is 10.2. The Morgan fingerprint density at radius 2 is 2.11 bits per heavy atom. The minimum atomic E-state index is -0.0416. The van der Waals surface area contributed by atoms with Crippen LogP contribution in [0, 0.1) is 5.92 Å². The Bertz CT molecular complexity index is 716. The molecule has 2 aromatic rings. The third kappa shape index (κ3) is 6.08. The van der Waals surface area contributed by atoms with E-state index >= 15 is 0 Å². The lowest BCUT2D eigenvalue weighted by atomic mass is 10.1. The van der Waals surface area contributed by atoms with Gasteiger partial charge in [-0.25, -0.2) is 4.79 Å². The van der Waals surface area contributed by atoms with Crippen molar-refractivity contribution in [2.75, 3.05) is 46.9 Å². The van der Waals surface area contributed by atoms with E-state index in [0.717, 1.165) is 25.2 Å². The molecule has 1 fully saturated rings. The smallest absolute Gasteiger partial charge is 0.317 e. The molecular formula is C20H29N5O2. The number of amides is 2. The van der Waals surface area contributed by atoms with Gasteiger partial charge in [-0.15, -0.1) is 0 Å². The Kier molecular flexibility index (Phi) is 6.84. The Morgan fingerprint density at radius 3 is 2.89 bits per heavy atom. The number of rotatable bonds is 6. The number of hydrogen-bond acceptors (Lipinski definition) is 4. The molecular weight excluding hydrogens is 342 g/mol. The molecule has 0 saturated carbocycles. The first-order valence-electron chi connectivity index (χ1n) is 9.40. The number of carbonyl (C=O) groups excluding carboxylic acids is 1. The largest absolute Gasteiger partial charge is 0.379 e. The molecule has 3 rings (SSSR count). The first kappa shape index (κ1) is 19.4. The summed E-state index contributed by atoms with van der Waals surface area (Å²) < 4.78 is 7.54. The Labute approximate surface area is 160 Å². The summed E-state index contributed by atoms with van der Waals surface area (Å²) in [6.07, 6.45) is 3.79. The van der Waals surface area contributed by atoms with Gasteiger partial charge < -0.3 is 19.9 Å². The summed E-state index contributed by atoms with van der Waals surface area (Å²) in [6.45, 7) is 4.75. The van der Waals surface area contributed by atoms with Crippen LogP contribution in [0.25, 0.3) is 0 Å². The van der Waals surface area contributed by atoms with Crippen molar-refractivity contribution in [3.05, 3.63) is 53.9 Å². The van der Waals surface area contributed by atoms with Gasteiger partial charge in [0.15, 0.2) is 0 Å². The molecule has 0 aliphatic carbocycles. The third-order valence-electron chi connectivity index (χ3n) is 4.57. The zero-order valence-corrected chi connectivity index (χ0v) is 16.2. The van der Waals surface area contributed by atoms with Crippen LogP contribution < -0.4 is 5.32 Å². The van der Waals surface area contributed by atoms with Crippen molar-refractivity contribution >= 4 is 6.03 Å². The van der Waals surface area contributed by atoms with E-state index in [2.05, 4.69) is 27.4 Å². The van der Waals surface area contributed by atoms with Gasteiger partial charge in [-0.1, -0.05) is 30.3 Å². The monoisotopic (exact) mass is 371 g/mol. The van der Waals surface area contributed by atoms with Crippen LogP contribution in [-0.4, -0.2) is 72.6 Å². The summed E-state index contributed by atoms with van der Waals surface area (Å²) >= 11 is 0. The first-order chi connectivity index (χ1) is 13.1. The maximum atomic E-state index is 12.6. The number of carbonyl (C=O) groups is 1. The fourth-order valence-electron chi connectivity index (χ4n) is 3.34. The van der Waals surface area contributed by atoms with E-state index in [1.807, 2.05) is 54.3 Å². The Balaban J connectivity index is 1.49. The molecule has 1 aliphatic rings. The highest BCUT2D eigenvalue weighted by atomic mass is 16.5. The van der Waals surface area contributed by atoms with Crippen molar-refractivity contribution in [3.63, 3.8) is 0 Å². The highest BCUT2D eigenvalue weighted by molar-refractivity contribution is 5.74. The minimum absolute atomic E-state index is 0.0416. The maximum absolute atomic E-state index is 12.6. The summed E-state index contributed by atoms with van der Waals surface area (Å²) in [5.41, 5.74) is 2.20. The van der Waals surface area contributed by atoms with E-state index in [9.17, 15) is 4.79 Å². The van der Waals surface area contributed by atoms with Gasteiger partial charge in [0.25, 0.3) is 0 Å². The summed E-state index contributed by atoms with van der Waals surface area (Å²) in [4.78, 5) is 16.6. The van der Waals surface area contributed by atoms with Gasteiger partial charge in [0.05, 0.1) is 26.0 Å². The Hall–Kier alpha value is -2.38. The second kappa shape index (κ2) is 9.53. The number of hydrogen-bond donors (Lipinski definition) is 1. The zero-order valence-electron chi connectivity index (χ0n) is 16.2. The van der Waals surface area contributed by atoms with Gasteiger partial charge in [0, 0.05) is 43.9 Å². The highest BCUT2D eigenvalue weighted by Crippen LogP contribution is 2.09. The molecule has 0 spiro atoms. The number of ether oxygens (including phenoxy) is 1. The van der Waals surface area contributed by atoms with Crippen LogP contribution in [0.1, 0.15) is 11.1 Å². The molecule has 0 bridgehead atoms. The molecule has 7 heteroatoms. The molecule has 0 unspecified atom stereocenters. The van der Waals surface area contributed by atoms with Crippen molar-refractivity contribution in [1.29, 1.82) is 0 Å². The van der Waals surface area contributed by atoms with Crippen LogP contribution in [-0.2, 0) is 17.8 Å². The molecule has 7 nitrogen and oxygen atoms in total. The van der Waals surface area contributed by atoms with Crippen LogP contribution in [0.3, 0.4) is 0 Å². The number of nitrogens with one attached hydrogen (secondary N) is 1. The van der Waals surface area contributed by atoms with Crippen LogP contribution in [0.2, 0.25) is 0 Å². The lowest BCUT2D eigenvalue weighted by Crippen LogP contribution is -2.44. The normalized spacial score (nSPS) is 17.7. The Morgan fingerprint density at radius 1 is 1.30 bits per heavy atom. The number of aromatic nitrogens is 2. The molecule has 2 heterocycles. The molecule has 1 atom stereocenters. The number of nitrogens with zero attached hydrogens (tertiary/aromatic N) is 4. The van der Waals surface area contributed by atoms with Gasteiger partial charge in [-0.2, -0.15) is 5.10 Å². The lowest BCUT2D eigenvalue weighted by molar-refractivity contribution is 0.112. The van der Waals surface area contributed by atoms with Crippen molar-refractivity contribution in [3.8, 4) is 0 Å². The fraction of sp³-hybridized carbons (Fsp3) is 0.500. The van der Waals surface area contributed by atoms with Crippen LogP contribution in [0.15, 0.2) is 42.7 Å². The predicted molar refractivity (Wildman–Crippen MR) is 104 cm³/mol. The van der Waals surface area contributed by atoms with Crippen molar-refractivity contribution in [2.45, 2.75) is 13.1 Å².